The van der Waals surface area contributed by atoms with Gasteiger partial charge in [0.25, 0.3) is 11.4 Å². The third-order valence-corrected chi connectivity index (χ3v) is 4.36. The highest BCUT2D eigenvalue weighted by molar-refractivity contribution is 5.77. The summed E-state index contributed by atoms with van der Waals surface area (Å²) in [4.78, 5) is 39.5. The number of non-ortho nitro benzene ring substituents is 2. The van der Waals surface area contributed by atoms with Crippen LogP contribution in [0.2, 0.25) is 0 Å². The van der Waals surface area contributed by atoms with Crippen molar-refractivity contribution in [1.29, 1.82) is 0 Å². The zero-order chi connectivity index (χ0) is 23.4. The molecule has 2 aromatic carbocycles. The molecule has 1 heterocycles. The fourth-order valence-corrected chi connectivity index (χ4v) is 3.11. The summed E-state index contributed by atoms with van der Waals surface area (Å²) < 4.78 is 0. The Hall–Kier alpha value is -4.34. The molecular weight excluding hydrogens is 412 g/mol. The first-order valence-corrected chi connectivity index (χ1v) is 9.60. The molecule has 0 N–H and O–H groups in total. The molecule has 162 valence electrons. The number of aromatic nitrogens is 4. The van der Waals surface area contributed by atoms with Crippen molar-refractivity contribution in [3.63, 3.8) is 0 Å². The monoisotopic (exact) mass is 432 g/mol. The van der Waals surface area contributed by atoms with Crippen LogP contribution in [-0.4, -0.2) is 29.8 Å². The molecule has 0 unspecified atom stereocenters. The van der Waals surface area contributed by atoms with Gasteiger partial charge in [0.2, 0.25) is 0 Å². The van der Waals surface area contributed by atoms with Crippen LogP contribution in [0.4, 0.5) is 11.4 Å². The molecule has 3 rings (SSSR count). The van der Waals surface area contributed by atoms with E-state index in [1.54, 1.807) is 52.0 Å². The van der Waals surface area contributed by atoms with Crippen LogP contribution in [0.1, 0.15) is 22.8 Å². The van der Waals surface area contributed by atoms with Crippen LogP contribution < -0.4 is 0 Å². The Morgan fingerprint density at radius 1 is 0.531 bits per heavy atom. The minimum atomic E-state index is -0.490. The van der Waals surface area contributed by atoms with Crippen LogP contribution >= 0.6 is 0 Å². The normalized spacial score (nSPS) is 10.4. The Balaban J connectivity index is 2.48. The minimum absolute atomic E-state index is 0.0948. The van der Waals surface area contributed by atoms with Crippen molar-refractivity contribution in [2.75, 3.05) is 0 Å². The molecule has 0 amide bonds. The lowest BCUT2D eigenvalue weighted by atomic mass is 10.2. The lowest BCUT2D eigenvalue weighted by Crippen LogP contribution is -1.91. The van der Waals surface area contributed by atoms with Crippen LogP contribution in [0.3, 0.4) is 0 Å². The first-order valence-electron chi connectivity index (χ1n) is 9.60. The van der Waals surface area contributed by atoms with E-state index in [1.165, 1.54) is 24.3 Å². The summed E-state index contributed by atoms with van der Waals surface area (Å²) >= 11 is 0. The maximum absolute atomic E-state index is 11.2. The van der Waals surface area contributed by atoms with Gasteiger partial charge in [-0.05, 0) is 52.0 Å². The Morgan fingerprint density at radius 3 is 1.16 bits per heavy atom. The summed E-state index contributed by atoms with van der Waals surface area (Å²) in [5, 5.41) is 22.4. The Kier molecular flexibility index (Phi) is 6.43. The topological polar surface area (TPSA) is 138 Å². The third kappa shape index (κ3) is 5.42. The van der Waals surface area contributed by atoms with Crippen molar-refractivity contribution < 1.29 is 9.85 Å². The lowest BCUT2D eigenvalue weighted by molar-refractivity contribution is -0.384. The number of aryl methyl sites for hydroxylation is 4. The summed E-state index contributed by atoms with van der Waals surface area (Å²) in [6, 6.07) is 12.0. The van der Waals surface area contributed by atoms with Gasteiger partial charge in [-0.2, -0.15) is 0 Å². The molecule has 1 aromatic heterocycles. The molecule has 0 aliphatic rings. The van der Waals surface area contributed by atoms with E-state index in [1.807, 2.05) is 0 Å². The number of rotatable bonds is 2. The molecule has 0 radical (unpaired) electrons. The number of benzene rings is 2. The molecule has 0 saturated carbocycles. The summed E-state index contributed by atoms with van der Waals surface area (Å²) in [5.74, 6) is 0. The van der Waals surface area contributed by atoms with E-state index in [0.29, 0.717) is 44.8 Å². The van der Waals surface area contributed by atoms with E-state index in [-0.39, 0.29) is 11.4 Å². The van der Waals surface area contributed by atoms with Gasteiger partial charge in [-0.3, -0.25) is 40.2 Å². The van der Waals surface area contributed by atoms with Gasteiger partial charge in [-0.1, -0.05) is 0 Å². The molecule has 32 heavy (non-hydrogen) atoms. The number of nitro benzene ring substituents is 2. The summed E-state index contributed by atoms with van der Waals surface area (Å²) in [5.41, 5.74) is 3.75. The Bertz CT molecular complexity index is 1290. The van der Waals surface area contributed by atoms with Crippen LogP contribution in [0.15, 0.2) is 48.5 Å². The second-order valence-electron chi connectivity index (χ2n) is 7.16. The molecule has 10 heteroatoms. The molecule has 0 spiro atoms. The minimum Gasteiger partial charge on any atom is -0.258 e. The molecule has 0 fully saturated rings. The van der Waals surface area contributed by atoms with Crippen LogP contribution in [-0.2, 0) is 0 Å². The quantitative estimate of drug-likeness (QED) is 0.413. The largest absolute Gasteiger partial charge is 0.271 e. The number of hydrogen-bond donors (Lipinski definition) is 0. The average molecular weight is 432 g/mol. The highest BCUT2D eigenvalue weighted by atomic mass is 16.6. The number of nitrogens with zero attached hydrogens (tertiary/aromatic N) is 6. The smallest absolute Gasteiger partial charge is 0.258 e. The van der Waals surface area contributed by atoms with Crippen molar-refractivity contribution in [2.45, 2.75) is 27.7 Å². The van der Waals surface area contributed by atoms with Crippen molar-refractivity contribution >= 4 is 33.4 Å². The SMILES string of the molecule is Cc1cc(C)nc2ccc([N+](=O)[O-])cc2nc(C)cc(C)nc2cc([N+](=O)[O-])ccc2n1. The van der Waals surface area contributed by atoms with Crippen molar-refractivity contribution in [1.82, 2.24) is 19.9 Å². The van der Waals surface area contributed by atoms with Crippen molar-refractivity contribution in [3.05, 3.63) is 91.5 Å². The zero-order valence-corrected chi connectivity index (χ0v) is 17.9. The van der Waals surface area contributed by atoms with E-state index >= 15 is 0 Å². The van der Waals surface area contributed by atoms with Gasteiger partial charge in [0.05, 0.1) is 31.9 Å². The second kappa shape index (κ2) is 9.21. The predicted molar refractivity (Wildman–Crippen MR) is 120 cm³/mol. The van der Waals surface area contributed by atoms with Crippen molar-refractivity contribution in [2.24, 2.45) is 0 Å². The first-order chi connectivity index (χ1) is 15.1. The van der Waals surface area contributed by atoms with Gasteiger partial charge in [0.1, 0.15) is 0 Å². The molecule has 10 nitrogen and oxygen atoms in total. The van der Waals surface area contributed by atoms with Crippen LogP contribution in [0.5, 0.6) is 0 Å². The number of hydrogen-bond acceptors (Lipinski definition) is 8. The van der Waals surface area contributed by atoms with E-state index < -0.39 is 9.85 Å². The van der Waals surface area contributed by atoms with E-state index in [9.17, 15) is 20.2 Å². The van der Waals surface area contributed by atoms with Crippen LogP contribution in [0, 0.1) is 47.9 Å². The summed E-state index contributed by atoms with van der Waals surface area (Å²) in [6.45, 7) is 7.01. The maximum Gasteiger partial charge on any atom is 0.271 e. The predicted octanol–water partition coefficient (Wildman–Crippen LogP) is 4.87. The molecule has 3 aromatic rings. The average Bonchev–Trinajstić information content (AvgIpc) is 2.69. The van der Waals surface area contributed by atoms with E-state index in [2.05, 4.69) is 19.9 Å². The summed E-state index contributed by atoms with van der Waals surface area (Å²) in [6.07, 6.45) is 0. The van der Waals surface area contributed by atoms with Crippen molar-refractivity contribution in [3.8, 4) is 0 Å². The fourth-order valence-electron chi connectivity index (χ4n) is 3.11. The van der Waals surface area contributed by atoms with Gasteiger partial charge in [-0.25, -0.2) is 0 Å². The van der Waals surface area contributed by atoms with Gasteiger partial charge in [0.15, 0.2) is 0 Å². The highest BCUT2D eigenvalue weighted by Crippen LogP contribution is 2.18. The molecule has 0 saturated heterocycles. The first kappa shape index (κ1) is 22.3. The Morgan fingerprint density at radius 2 is 0.844 bits per heavy atom. The highest BCUT2D eigenvalue weighted by Gasteiger charge is 2.08. The van der Waals surface area contributed by atoms with Gasteiger partial charge in [-0.15, -0.1) is 0 Å². The third-order valence-electron chi connectivity index (χ3n) is 4.36. The lowest BCUT2D eigenvalue weighted by Gasteiger charge is -1.98. The van der Waals surface area contributed by atoms with Crippen LogP contribution in [0.25, 0.3) is 22.1 Å². The number of nitro groups is 2. The summed E-state index contributed by atoms with van der Waals surface area (Å²) in [7, 11) is 0. The molecule has 0 atom stereocenters. The maximum atomic E-state index is 11.2. The van der Waals surface area contributed by atoms with Gasteiger partial charge >= 0.3 is 0 Å². The fraction of sp³-hybridized carbons (Fsp3) is 0.182. The van der Waals surface area contributed by atoms with Gasteiger partial charge < -0.3 is 0 Å². The standard InChI is InChI=1S/C22H20N6O4/c1-13-9-14(2)24-20-8-6-18(28(31)32)12-22(20)26-16(4)10-15(3)25-21-11-17(27(29)30)5-7-19(21)23-13/h5-12H,1-4H3. The van der Waals surface area contributed by atoms with Gasteiger partial charge in [0, 0.05) is 47.0 Å². The molecular formula is C22H20N6O4. The van der Waals surface area contributed by atoms with E-state index in [0.717, 1.165) is 0 Å². The van der Waals surface area contributed by atoms with E-state index in [4.69, 9.17) is 0 Å². The number of fused-ring (bicyclic) bond motifs is 2. The second-order valence-corrected chi connectivity index (χ2v) is 7.16. The molecule has 0 bridgehead atoms. The molecule has 0 aliphatic carbocycles. The zero-order valence-electron chi connectivity index (χ0n) is 17.9. The molecule has 0 aliphatic heterocycles. The Labute approximate surface area is 183 Å².